The predicted molar refractivity (Wildman–Crippen MR) is 90.2 cm³/mol. The number of rotatable bonds is 5. The van der Waals surface area contributed by atoms with E-state index >= 15 is 0 Å². The zero-order chi connectivity index (χ0) is 15.2. The van der Waals surface area contributed by atoms with Crippen molar-refractivity contribution < 1.29 is 4.79 Å². The smallest absolute Gasteiger partial charge is 0.255 e. The summed E-state index contributed by atoms with van der Waals surface area (Å²) in [6.07, 6.45) is 8.55. The number of hydrogen-bond acceptors (Lipinski definition) is 4. The molecule has 1 aliphatic carbocycles. The summed E-state index contributed by atoms with van der Waals surface area (Å²) in [5.41, 5.74) is 2.44. The molecule has 1 aromatic heterocycles. The van der Waals surface area contributed by atoms with E-state index in [9.17, 15) is 4.79 Å². The molecule has 0 aliphatic heterocycles. The van der Waals surface area contributed by atoms with E-state index in [1.54, 1.807) is 6.20 Å². The summed E-state index contributed by atoms with van der Waals surface area (Å²) < 4.78 is 0. The average Bonchev–Trinajstić information content (AvgIpc) is 2.48. The van der Waals surface area contributed by atoms with Crippen molar-refractivity contribution in [3.63, 3.8) is 0 Å². The lowest BCUT2D eigenvalue weighted by Crippen LogP contribution is -2.43. The van der Waals surface area contributed by atoms with Gasteiger partial charge in [0.1, 0.15) is 0 Å². The van der Waals surface area contributed by atoms with Crippen molar-refractivity contribution in [3.05, 3.63) is 23.5 Å². The van der Waals surface area contributed by atoms with Crippen molar-refractivity contribution in [1.82, 2.24) is 10.3 Å². The van der Waals surface area contributed by atoms with E-state index in [1.165, 1.54) is 19.3 Å². The van der Waals surface area contributed by atoms with Crippen LogP contribution in [0.5, 0.6) is 0 Å². The van der Waals surface area contributed by atoms with Gasteiger partial charge in [-0.15, -0.1) is 0 Å². The average molecular weight is 307 g/mol. The van der Waals surface area contributed by atoms with Crippen LogP contribution in [0.1, 0.15) is 48.7 Å². The molecule has 2 atom stereocenters. The number of anilines is 1. The van der Waals surface area contributed by atoms with Crippen LogP contribution in [0.3, 0.4) is 0 Å². The first-order valence-corrected chi connectivity index (χ1v) is 8.98. The van der Waals surface area contributed by atoms with E-state index in [1.807, 2.05) is 31.7 Å². The van der Waals surface area contributed by atoms with Crippen LogP contribution in [0.2, 0.25) is 0 Å². The van der Waals surface area contributed by atoms with Gasteiger partial charge in [-0.05, 0) is 39.0 Å². The third-order valence-corrected chi connectivity index (χ3v) is 5.14. The van der Waals surface area contributed by atoms with E-state index in [4.69, 9.17) is 0 Å². The third kappa shape index (κ3) is 4.13. The van der Waals surface area contributed by atoms with Gasteiger partial charge in [-0.2, -0.15) is 11.8 Å². The summed E-state index contributed by atoms with van der Waals surface area (Å²) in [4.78, 5) is 16.9. The molecule has 1 aliphatic rings. The number of hydrogen-bond donors (Lipinski definition) is 2. The first-order valence-electron chi connectivity index (χ1n) is 7.70. The zero-order valence-corrected chi connectivity index (χ0v) is 13.9. The summed E-state index contributed by atoms with van der Waals surface area (Å²) in [5, 5.41) is 7.00. The van der Waals surface area contributed by atoms with Gasteiger partial charge in [0, 0.05) is 29.7 Å². The lowest BCUT2D eigenvalue weighted by atomic mass is 9.94. The number of carbonyl (C=O) groups excluding carboxylic acids is 1. The number of aryl methyl sites for hydroxylation is 1. The highest BCUT2D eigenvalue weighted by Gasteiger charge is 2.26. The topological polar surface area (TPSA) is 54.0 Å². The van der Waals surface area contributed by atoms with Crippen LogP contribution in [-0.4, -0.2) is 35.0 Å². The van der Waals surface area contributed by atoms with Crippen LogP contribution in [0.15, 0.2) is 12.3 Å². The molecule has 4 nitrogen and oxygen atoms in total. The number of amides is 1. The normalized spacial score (nSPS) is 21.9. The number of thioether (sulfide) groups is 1. The van der Waals surface area contributed by atoms with Crippen LogP contribution in [0.25, 0.3) is 0 Å². The standard InChI is InChI=1S/C16H25N3OS/c1-4-17-14-9-11(2)18-10-12(14)16(20)19-13-7-5-6-8-15(13)21-3/h9-10,13,15H,4-8H2,1-3H3,(H,17,18)(H,19,20). The quantitative estimate of drug-likeness (QED) is 0.877. The Hall–Kier alpha value is -1.23. The molecule has 1 heterocycles. The number of carbonyl (C=O) groups is 1. The van der Waals surface area contributed by atoms with Crippen molar-refractivity contribution in [2.45, 2.75) is 50.8 Å². The monoisotopic (exact) mass is 307 g/mol. The maximum Gasteiger partial charge on any atom is 0.255 e. The van der Waals surface area contributed by atoms with Crippen molar-refractivity contribution >= 4 is 23.4 Å². The lowest BCUT2D eigenvalue weighted by molar-refractivity contribution is 0.0930. The second kappa shape index (κ2) is 7.69. The number of nitrogens with one attached hydrogen (secondary N) is 2. The Balaban J connectivity index is 2.12. The van der Waals surface area contributed by atoms with E-state index in [-0.39, 0.29) is 11.9 Å². The third-order valence-electron chi connectivity index (χ3n) is 3.97. The SMILES string of the molecule is CCNc1cc(C)ncc1C(=O)NC1CCCCC1SC. The number of pyridine rings is 1. The van der Waals surface area contributed by atoms with Gasteiger partial charge in [-0.3, -0.25) is 9.78 Å². The minimum Gasteiger partial charge on any atom is -0.385 e. The van der Waals surface area contributed by atoms with Crippen LogP contribution >= 0.6 is 11.8 Å². The molecule has 21 heavy (non-hydrogen) atoms. The van der Waals surface area contributed by atoms with E-state index in [0.717, 1.165) is 24.3 Å². The van der Waals surface area contributed by atoms with Crippen molar-refractivity contribution in [3.8, 4) is 0 Å². The maximum absolute atomic E-state index is 12.6. The van der Waals surface area contributed by atoms with E-state index < -0.39 is 0 Å². The molecule has 0 radical (unpaired) electrons. The number of aromatic nitrogens is 1. The van der Waals surface area contributed by atoms with Crippen molar-refractivity contribution in [1.29, 1.82) is 0 Å². The van der Waals surface area contributed by atoms with Gasteiger partial charge in [-0.25, -0.2) is 0 Å². The molecule has 2 rings (SSSR count). The number of nitrogens with zero attached hydrogens (tertiary/aromatic N) is 1. The molecule has 116 valence electrons. The molecule has 1 aromatic rings. The summed E-state index contributed by atoms with van der Waals surface area (Å²) in [6.45, 7) is 4.76. The molecule has 0 bridgehead atoms. The van der Waals surface area contributed by atoms with Gasteiger partial charge in [-0.1, -0.05) is 12.8 Å². The second-order valence-corrected chi connectivity index (χ2v) is 6.62. The van der Waals surface area contributed by atoms with Crippen LogP contribution in [0, 0.1) is 6.92 Å². The highest BCUT2D eigenvalue weighted by Crippen LogP contribution is 2.27. The molecule has 5 heteroatoms. The molecule has 1 fully saturated rings. The van der Waals surface area contributed by atoms with Gasteiger partial charge in [0.2, 0.25) is 0 Å². The first kappa shape index (κ1) is 16.1. The van der Waals surface area contributed by atoms with E-state index in [0.29, 0.717) is 10.8 Å². The zero-order valence-electron chi connectivity index (χ0n) is 13.1. The summed E-state index contributed by atoms with van der Waals surface area (Å²) in [7, 11) is 0. The largest absolute Gasteiger partial charge is 0.385 e. The minimum atomic E-state index is -0.00981. The Kier molecular flexibility index (Phi) is 5.91. The maximum atomic E-state index is 12.6. The first-order chi connectivity index (χ1) is 10.2. The fourth-order valence-electron chi connectivity index (χ4n) is 2.87. The Bertz CT molecular complexity index is 492. The molecule has 2 N–H and O–H groups in total. The fourth-order valence-corrected chi connectivity index (χ4v) is 3.80. The second-order valence-electron chi connectivity index (χ2n) is 5.54. The van der Waals surface area contributed by atoms with Gasteiger partial charge in [0.15, 0.2) is 0 Å². The fraction of sp³-hybridized carbons (Fsp3) is 0.625. The summed E-state index contributed by atoms with van der Waals surface area (Å²) in [5.74, 6) is -0.00981. The molecule has 1 amide bonds. The lowest BCUT2D eigenvalue weighted by Gasteiger charge is -2.31. The molecular formula is C16H25N3OS. The van der Waals surface area contributed by atoms with E-state index in [2.05, 4.69) is 21.9 Å². The molecule has 1 saturated carbocycles. The van der Waals surface area contributed by atoms with Crippen LogP contribution < -0.4 is 10.6 Å². The molecular weight excluding hydrogens is 282 g/mol. The highest BCUT2D eigenvalue weighted by molar-refractivity contribution is 7.99. The summed E-state index contributed by atoms with van der Waals surface area (Å²) in [6, 6.07) is 2.21. The van der Waals surface area contributed by atoms with Crippen LogP contribution in [0.4, 0.5) is 5.69 Å². The van der Waals surface area contributed by atoms with Crippen molar-refractivity contribution in [2.24, 2.45) is 0 Å². The molecule has 0 saturated heterocycles. The minimum absolute atomic E-state index is 0.00981. The Morgan fingerprint density at radius 3 is 2.90 bits per heavy atom. The Morgan fingerprint density at radius 2 is 2.19 bits per heavy atom. The van der Waals surface area contributed by atoms with Crippen molar-refractivity contribution in [2.75, 3.05) is 18.1 Å². The molecule has 2 unspecified atom stereocenters. The predicted octanol–water partition coefficient (Wildman–Crippen LogP) is 3.23. The van der Waals surface area contributed by atoms with Gasteiger partial charge < -0.3 is 10.6 Å². The van der Waals surface area contributed by atoms with Gasteiger partial charge in [0.25, 0.3) is 5.91 Å². The van der Waals surface area contributed by atoms with Crippen LogP contribution in [-0.2, 0) is 0 Å². The summed E-state index contributed by atoms with van der Waals surface area (Å²) >= 11 is 1.86. The highest BCUT2D eigenvalue weighted by atomic mass is 32.2. The Morgan fingerprint density at radius 1 is 1.43 bits per heavy atom. The Labute approximate surface area is 131 Å². The molecule has 0 spiro atoms. The molecule has 0 aromatic carbocycles. The van der Waals surface area contributed by atoms with Gasteiger partial charge >= 0.3 is 0 Å². The van der Waals surface area contributed by atoms with Gasteiger partial charge in [0.05, 0.1) is 11.3 Å².